The van der Waals surface area contributed by atoms with Crippen LogP contribution in [0.3, 0.4) is 0 Å². The van der Waals surface area contributed by atoms with E-state index in [0.717, 1.165) is 29.0 Å². The maximum atomic E-state index is 13.9. The quantitative estimate of drug-likeness (QED) is 0.0226. The van der Waals surface area contributed by atoms with Crippen molar-refractivity contribution < 1.29 is 51.7 Å². The number of esters is 2. The molecule has 316 valence electrons. The van der Waals surface area contributed by atoms with Crippen LogP contribution in [0.4, 0.5) is 0 Å². The van der Waals surface area contributed by atoms with Crippen LogP contribution in [0.15, 0.2) is 85.0 Å². The van der Waals surface area contributed by atoms with Gasteiger partial charge in [-0.2, -0.15) is 0 Å². The van der Waals surface area contributed by atoms with Crippen LogP contribution in [0.2, 0.25) is 25.7 Å². The Labute approximate surface area is 352 Å². The lowest BCUT2D eigenvalue weighted by Crippen LogP contribution is -2.37. The van der Waals surface area contributed by atoms with E-state index in [1.807, 2.05) is 82.3 Å². The summed E-state index contributed by atoms with van der Waals surface area (Å²) in [7, 11) is 1.48. The molecular formula is C44H59O11PSSi. The highest BCUT2D eigenvalue weighted by Crippen LogP contribution is 2.36. The summed E-state index contributed by atoms with van der Waals surface area (Å²) in [5.74, 6) is -0.631. The summed E-state index contributed by atoms with van der Waals surface area (Å²) in [5, 5.41) is 0. The summed E-state index contributed by atoms with van der Waals surface area (Å²) in [6, 6.07) is 20.6. The van der Waals surface area contributed by atoms with Crippen LogP contribution in [0.5, 0.6) is 17.2 Å². The Kier molecular flexibility index (Phi) is 17.7. The first-order chi connectivity index (χ1) is 28.1. The minimum atomic E-state index is -1.49. The van der Waals surface area contributed by atoms with Crippen molar-refractivity contribution in [1.29, 1.82) is 1.28 Å². The monoisotopic (exact) mass is 856 g/mol. The highest BCUT2D eigenvalue weighted by Gasteiger charge is 2.45. The third-order valence-corrected chi connectivity index (χ3v) is 11.7. The van der Waals surface area contributed by atoms with Gasteiger partial charge in [-0.05, 0) is 89.2 Å². The zero-order chi connectivity index (χ0) is 43.0. The second kappa shape index (κ2) is 22.6. The maximum absolute atomic E-state index is 13.9. The van der Waals surface area contributed by atoms with Crippen molar-refractivity contribution >= 4 is 46.1 Å². The summed E-state index contributed by atoms with van der Waals surface area (Å²) >= 11 is 1.10. The van der Waals surface area contributed by atoms with E-state index >= 15 is 0 Å². The molecule has 11 nitrogen and oxygen atoms in total. The average Bonchev–Trinajstić information content (AvgIpc) is 3.52. The molecule has 1 aliphatic heterocycles. The van der Waals surface area contributed by atoms with Gasteiger partial charge in [0.15, 0.2) is 12.6 Å². The average molecular weight is 857 g/mol. The summed E-state index contributed by atoms with van der Waals surface area (Å²) in [6.07, 6.45) is 5.50. The molecule has 6 atom stereocenters. The van der Waals surface area contributed by atoms with E-state index in [9.17, 15) is 9.59 Å². The molecule has 58 heavy (non-hydrogen) atoms. The number of carbonyl (C=O) groups is 2. The molecule has 1 fully saturated rings. The van der Waals surface area contributed by atoms with Gasteiger partial charge in [-0.15, -0.1) is 0 Å². The van der Waals surface area contributed by atoms with Crippen molar-refractivity contribution in [2.45, 2.75) is 96.6 Å². The predicted octanol–water partition coefficient (Wildman–Crippen LogP) is 9.94. The predicted molar refractivity (Wildman–Crippen MR) is 234 cm³/mol. The second-order valence-electron chi connectivity index (χ2n) is 15.7. The molecule has 0 radical (unpaired) electrons. The molecule has 0 amide bonds. The molecule has 4 rings (SSSR count). The van der Waals surface area contributed by atoms with E-state index in [-0.39, 0.29) is 51.7 Å². The molecule has 1 aliphatic rings. The number of hydrogen-bond donors (Lipinski definition) is 0. The zero-order valence-electron chi connectivity index (χ0n) is 36.0. The van der Waals surface area contributed by atoms with E-state index in [1.165, 1.54) is 7.11 Å². The van der Waals surface area contributed by atoms with Crippen molar-refractivity contribution in [3.63, 3.8) is 0 Å². The molecule has 0 aromatic heterocycles. The third-order valence-electron chi connectivity index (χ3n) is 9.30. The molecule has 0 N–H and O–H groups in total. The molecule has 0 bridgehead atoms. The SMILES string of the molecule is [3H]PSO[C@@H](C)[C@H](C)/C=C\C(OC(=O)c1ccccc1)[C@H]1OC(C)(C)O[C@@H]1C/C=C/c1cc(OCc2ccc(OC)cc2)cc(OCOC)c1C(=O)OCC[Si](C)(C)C. The van der Waals surface area contributed by atoms with Crippen LogP contribution in [-0.4, -0.2) is 79.1 Å². The molecule has 1 heterocycles. The summed E-state index contributed by atoms with van der Waals surface area (Å²) in [6.45, 7) is 14.7. The van der Waals surface area contributed by atoms with Gasteiger partial charge in [-0.25, -0.2) is 9.59 Å². The van der Waals surface area contributed by atoms with Crippen molar-refractivity contribution in [2.75, 3.05) is 27.6 Å². The molecule has 1 saturated heterocycles. The second-order valence-corrected chi connectivity index (χ2v) is 22.1. The summed E-state index contributed by atoms with van der Waals surface area (Å²) in [4.78, 5) is 27.3. The number of ether oxygens (including phenoxy) is 8. The van der Waals surface area contributed by atoms with Crippen molar-refractivity contribution in [3.05, 3.63) is 107 Å². The summed E-state index contributed by atoms with van der Waals surface area (Å²) < 4.78 is 60.8. The Morgan fingerprint density at radius 2 is 1.71 bits per heavy atom. The zero-order valence-corrected chi connectivity index (χ0v) is 37.8. The van der Waals surface area contributed by atoms with E-state index in [1.54, 1.807) is 43.5 Å². The molecule has 3 aromatic rings. The van der Waals surface area contributed by atoms with Gasteiger partial charge in [0.25, 0.3) is 0 Å². The molecular weight excluding hydrogens is 796 g/mol. The molecule has 0 aliphatic carbocycles. The van der Waals surface area contributed by atoms with Crippen LogP contribution in [-0.2, 0) is 34.5 Å². The lowest BCUT2D eigenvalue weighted by atomic mass is 9.99. The van der Waals surface area contributed by atoms with Crippen LogP contribution in [0.1, 0.15) is 66.0 Å². The first-order valence-corrected chi connectivity index (χ1v) is 25.0. The van der Waals surface area contributed by atoms with Crippen molar-refractivity contribution in [3.8, 4) is 17.2 Å². The lowest BCUT2D eigenvalue weighted by Gasteiger charge is -2.25. The Bertz CT molecular complexity index is 1840. The van der Waals surface area contributed by atoms with E-state index in [2.05, 4.69) is 19.6 Å². The Hall–Kier alpha value is -3.68. The number of carbonyl (C=O) groups excluding carboxylic acids is 2. The number of hydrogen-bond acceptors (Lipinski definition) is 12. The fourth-order valence-corrected chi connectivity index (χ4v) is 7.43. The fraction of sp³-hybridized carbons (Fsp3) is 0.455. The standard InChI is InChI=1S/C44H59O11PSSi/c1-30(31(2)55-57-56)18-23-37(52-42(45)33-14-11-10-12-15-33)41-38(53-44(3,4)54-41)17-13-16-34-26-36(50-28-32-19-21-35(48-6)22-20-32)27-39(51-29-47-5)40(34)43(46)49-24-25-58(7,8)9/h10-16,18-23,26-27,30-31,37-38,41H,17,24-25,28-29,56H2,1-9H3/b16-13+,23-18-/t30-,31+,37?,38-,41-/m1/s1/i56T/t30-,31+,37?,38-,41-,56?. The molecule has 0 saturated carbocycles. The lowest BCUT2D eigenvalue weighted by molar-refractivity contribution is -0.152. The van der Waals surface area contributed by atoms with Crippen LogP contribution >= 0.6 is 20.0 Å². The van der Waals surface area contributed by atoms with E-state index < -0.39 is 44.1 Å². The fourth-order valence-electron chi connectivity index (χ4n) is 5.93. The molecule has 2 unspecified atom stereocenters. The van der Waals surface area contributed by atoms with Gasteiger partial charge in [0.05, 0.1) is 32.8 Å². The first-order valence-electron chi connectivity index (χ1n) is 19.8. The highest BCUT2D eigenvalue weighted by molar-refractivity contribution is 8.40. The Balaban J connectivity index is 1.68. The van der Waals surface area contributed by atoms with Gasteiger partial charge in [-0.3, -0.25) is 0 Å². The smallest absolute Gasteiger partial charge is 0.342 e. The van der Waals surface area contributed by atoms with Crippen LogP contribution in [0.25, 0.3) is 6.08 Å². The minimum Gasteiger partial charge on any atom is -0.497 e. The normalized spacial score (nSPS) is 18.6. The van der Waals surface area contributed by atoms with E-state index in [4.69, 9.17) is 43.4 Å². The van der Waals surface area contributed by atoms with E-state index in [0.29, 0.717) is 23.3 Å². The number of benzene rings is 3. The van der Waals surface area contributed by atoms with Crippen LogP contribution in [0, 0.1) is 5.92 Å². The topological polar surface area (TPSA) is 117 Å². The van der Waals surface area contributed by atoms with Gasteiger partial charge in [0, 0.05) is 38.8 Å². The van der Waals surface area contributed by atoms with Gasteiger partial charge >= 0.3 is 11.9 Å². The third kappa shape index (κ3) is 14.9. The molecule has 14 heteroatoms. The van der Waals surface area contributed by atoms with Gasteiger partial charge < -0.3 is 42.1 Å². The Morgan fingerprint density at radius 3 is 2.38 bits per heavy atom. The largest absolute Gasteiger partial charge is 0.497 e. The minimum absolute atomic E-state index is 0.0666. The summed E-state index contributed by atoms with van der Waals surface area (Å²) in [5.41, 5.74) is 2.07. The number of methoxy groups -OCH3 is 2. The molecule has 3 aromatic carbocycles. The van der Waals surface area contributed by atoms with Gasteiger partial charge in [0.2, 0.25) is 0 Å². The van der Waals surface area contributed by atoms with Crippen LogP contribution < -0.4 is 14.2 Å². The highest BCUT2D eigenvalue weighted by atomic mass is 32.7. The van der Waals surface area contributed by atoms with Crippen molar-refractivity contribution in [2.24, 2.45) is 5.92 Å². The number of rotatable bonds is 23. The first kappa shape index (κ1) is 45.4. The molecule has 0 spiro atoms. The van der Waals surface area contributed by atoms with Gasteiger partial charge in [0.1, 0.15) is 41.6 Å². The Morgan fingerprint density at radius 1 is 0.966 bits per heavy atom. The van der Waals surface area contributed by atoms with Gasteiger partial charge in [-0.1, -0.05) is 75.1 Å². The van der Waals surface area contributed by atoms with Crippen molar-refractivity contribution in [1.82, 2.24) is 0 Å². The maximum Gasteiger partial charge on any atom is 0.342 e.